The van der Waals surface area contributed by atoms with Crippen molar-refractivity contribution in [3.8, 4) is 0 Å². The first-order valence-electron chi connectivity index (χ1n) is 8.05. The van der Waals surface area contributed by atoms with Crippen LogP contribution in [-0.2, 0) is 11.3 Å². The van der Waals surface area contributed by atoms with Crippen LogP contribution in [0.5, 0.6) is 0 Å². The fourth-order valence-electron chi connectivity index (χ4n) is 2.40. The van der Waals surface area contributed by atoms with Gasteiger partial charge in [0.25, 0.3) is 0 Å². The van der Waals surface area contributed by atoms with Gasteiger partial charge in [-0.1, -0.05) is 37.3 Å². The number of carbonyl (C=O) groups excluding carboxylic acids is 1. The van der Waals surface area contributed by atoms with Gasteiger partial charge in [0.1, 0.15) is 6.61 Å². The zero-order valence-electron chi connectivity index (χ0n) is 15.1. The van der Waals surface area contributed by atoms with Crippen molar-refractivity contribution in [1.29, 1.82) is 0 Å². The van der Waals surface area contributed by atoms with Crippen LogP contribution in [0.1, 0.15) is 39.2 Å². The van der Waals surface area contributed by atoms with Gasteiger partial charge in [0, 0.05) is 12.0 Å². The van der Waals surface area contributed by atoms with E-state index in [0.29, 0.717) is 6.61 Å². The van der Waals surface area contributed by atoms with Crippen LogP contribution < -0.4 is 29.3 Å². The topological polar surface area (TPSA) is 38.3 Å². The first-order chi connectivity index (χ1) is 10.2. The fraction of sp³-hybridized carbons (Fsp3) is 0.611. The Bertz CT molecular complexity index is 461. The van der Waals surface area contributed by atoms with Gasteiger partial charge in [0.2, 0.25) is 0 Å². The van der Waals surface area contributed by atoms with Crippen LogP contribution in [0.25, 0.3) is 0 Å². The average Bonchev–Trinajstić information content (AvgIpc) is 2.44. The Hall–Kier alpha value is -0.820. The molecule has 0 unspecified atom stereocenters. The maximum atomic E-state index is 11.9. The van der Waals surface area contributed by atoms with Gasteiger partial charge in [-0.2, -0.15) is 0 Å². The molecule has 0 saturated heterocycles. The molecule has 0 atom stereocenters. The quantitative estimate of drug-likeness (QED) is 0.480. The molecule has 1 rings (SSSR count). The largest absolute Gasteiger partial charge is 1.00 e. The second kappa shape index (κ2) is 10.1. The normalized spacial score (nSPS) is 11.5. The van der Waals surface area contributed by atoms with E-state index in [4.69, 9.17) is 4.74 Å². The van der Waals surface area contributed by atoms with E-state index in [1.807, 2.05) is 44.2 Å². The summed E-state index contributed by atoms with van der Waals surface area (Å²) in [5.41, 5.74) is 0.730. The maximum absolute atomic E-state index is 11.9. The van der Waals surface area contributed by atoms with Crippen molar-refractivity contribution in [2.45, 2.75) is 45.8 Å². The number of hydrogen-bond acceptors (Lipinski definition) is 2. The van der Waals surface area contributed by atoms with Gasteiger partial charge < -0.3 is 38.5 Å². The highest BCUT2D eigenvalue weighted by Gasteiger charge is 2.25. The summed E-state index contributed by atoms with van der Waals surface area (Å²) >= 11 is 0. The van der Waals surface area contributed by atoms with Crippen LogP contribution in [0.2, 0.25) is 0 Å². The van der Waals surface area contributed by atoms with Crippen LogP contribution in [0, 0.1) is 0 Å². The van der Waals surface area contributed by atoms with Gasteiger partial charge in [-0.25, -0.2) is 4.79 Å². The van der Waals surface area contributed by atoms with E-state index >= 15 is 0 Å². The van der Waals surface area contributed by atoms with Crippen molar-refractivity contribution in [2.24, 2.45) is 0 Å². The number of carbonyl (C=O) groups is 1. The minimum atomic E-state index is -0.352. The molecule has 0 fully saturated rings. The first-order valence-corrected chi connectivity index (χ1v) is 8.05. The number of quaternary nitrogens is 1. The lowest BCUT2D eigenvalue weighted by Gasteiger charge is -2.34. The number of rotatable bonds is 8. The number of ether oxygens (including phenoxy) is 1. The second-order valence-corrected chi connectivity index (χ2v) is 7.20. The Kier molecular flexibility index (Phi) is 9.77. The van der Waals surface area contributed by atoms with Gasteiger partial charge in [0.05, 0.1) is 27.2 Å². The van der Waals surface area contributed by atoms with Gasteiger partial charge in [-0.15, -0.1) is 0 Å². The molecule has 1 aromatic rings. The standard InChI is InChI=1S/C18H30N2O2.HI/c1-6-13-20(4,5)14-12-18(2,3)19-17(21)22-15-16-10-8-7-9-11-16;/h7-11H,6,12-15H2,1-5H3;1H. The molecule has 0 aromatic heterocycles. The molecule has 1 aromatic carbocycles. The molecule has 132 valence electrons. The molecule has 0 radical (unpaired) electrons. The molecule has 5 heteroatoms. The summed E-state index contributed by atoms with van der Waals surface area (Å²) in [6.45, 7) is 8.77. The zero-order valence-corrected chi connectivity index (χ0v) is 17.2. The van der Waals surface area contributed by atoms with Gasteiger partial charge in [-0.3, -0.25) is 0 Å². The first kappa shape index (κ1) is 22.2. The molecular weight excluding hydrogens is 403 g/mol. The summed E-state index contributed by atoms with van der Waals surface area (Å²) < 4.78 is 6.26. The van der Waals surface area contributed by atoms with Gasteiger partial charge in [-0.05, 0) is 25.8 Å². The molecule has 1 N–H and O–H groups in total. The molecular formula is C18H31IN2O2. The molecule has 0 saturated carbocycles. The number of alkyl carbamates (subject to hydrolysis) is 1. The van der Waals surface area contributed by atoms with Crippen LogP contribution in [0.4, 0.5) is 4.79 Å². The average molecular weight is 434 g/mol. The van der Waals surface area contributed by atoms with Crippen molar-refractivity contribution in [1.82, 2.24) is 5.32 Å². The summed E-state index contributed by atoms with van der Waals surface area (Å²) in [5.74, 6) is 0. The third kappa shape index (κ3) is 9.81. The monoisotopic (exact) mass is 434 g/mol. The molecule has 0 aliphatic heterocycles. The maximum Gasteiger partial charge on any atom is 0.407 e. The number of nitrogens with one attached hydrogen (secondary N) is 1. The predicted molar refractivity (Wildman–Crippen MR) is 90.6 cm³/mol. The Morgan fingerprint density at radius 3 is 2.35 bits per heavy atom. The van der Waals surface area contributed by atoms with E-state index in [-0.39, 0.29) is 35.6 Å². The summed E-state index contributed by atoms with van der Waals surface area (Å²) in [5, 5.41) is 2.97. The summed E-state index contributed by atoms with van der Waals surface area (Å²) in [6.07, 6.45) is 1.73. The smallest absolute Gasteiger partial charge is 0.407 e. The highest BCUT2D eigenvalue weighted by molar-refractivity contribution is 5.68. The van der Waals surface area contributed by atoms with E-state index in [0.717, 1.165) is 29.6 Å². The molecule has 1 amide bonds. The van der Waals surface area contributed by atoms with Gasteiger partial charge in [0.15, 0.2) is 0 Å². The van der Waals surface area contributed by atoms with E-state index < -0.39 is 0 Å². The fourth-order valence-corrected chi connectivity index (χ4v) is 2.40. The molecule has 23 heavy (non-hydrogen) atoms. The highest BCUT2D eigenvalue weighted by atomic mass is 127. The number of benzene rings is 1. The van der Waals surface area contributed by atoms with Crippen molar-refractivity contribution < 1.29 is 38.0 Å². The molecule has 0 aliphatic carbocycles. The third-order valence-corrected chi connectivity index (χ3v) is 3.82. The summed E-state index contributed by atoms with van der Waals surface area (Å²) in [6, 6.07) is 9.72. The van der Waals surface area contributed by atoms with Crippen molar-refractivity contribution in [2.75, 3.05) is 27.2 Å². The summed E-state index contributed by atoms with van der Waals surface area (Å²) in [4.78, 5) is 11.9. The Morgan fingerprint density at radius 1 is 1.17 bits per heavy atom. The lowest BCUT2D eigenvalue weighted by Crippen LogP contribution is -3.00. The SMILES string of the molecule is CCC[N+](C)(C)CCC(C)(C)NC(=O)OCc1ccccc1.[I-]. The summed E-state index contributed by atoms with van der Waals surface area (Å²) in [7, 11) is 4.46. The lowest BCUT2D eigenvalue weighted by molar-refractivity contribution is -0.890. The highest BCUT2D eigenvalue weighted by Crippen LogP contribution is 2.13. The number of hydrogen-bond donors (Lipinski definition) is 1. The number of halogens is 1. The number of amides is 1. The van der Waals surface area contributed by atoms with Crippen LogP contribution in [0.3, 0.4) is 0 Å². The Morgan fingerprint density at radius 2 is 1.78 bits per heavy atom. The number of nitrogens with zero attached hydrogens (tertiary/aromatic N) is 1. The van der Waals surface area contributed by atoms with Crippen molar-refractivity contribution >= 4 is 6.09 Å². The van der Waals surface area contributed by atoms with Crippen molar-refractivity contribution in [3.05, 3.63) is 35.9 Å². The Labute approximate surface area is 158 Å². The minimum Gasteiger partial charge on any atom is -1.00 e. The van der Waals surface area contributed by atoms with E-state index in [2.05, 4.69) is 26.3 Å². The zero-order chi connectivity index (χ0) is 16.6. The van der Waals surface area contributed by atoms with Crippen molar-refractivity contribution in [3.63, 3.8) is 0 Å². The van der Waals surface area contributed by atoms with Gasteiger partial charge >= 0.3 is 6.09 Å². The predicted octanol–water partition coefficient (Wildman–Crippen LogP) is 0.572. The van der Waals surface area contributed by atoms with Crippen LogP contribution >= 0.6 is 0 Å². The van der Waals surface area contributed by atoms with E-state index in [9.17, 15) is 4.79 Å². The Balaban J connectivity index is 0.00000484. The third-order valence-electron chi connectivity index (χ3n) is 3.82. The molecule has 0 spiro atoms. The lowest BCUT2D eigenvalue weighted by atomic mass is 10.0. The van der Waals surface area contributed by atoms with Crippen LogP contribution in [0.15, 0.2) is 30.3 Å². The van der Waals surface area contributed by atoms with E-state index in [1.54, 1.807) is 0 Å². The molecule has 0 aliphatic rings. The van der Waals surface area contributed by atoms with Crippen LogP contribution in [-0.4, -0.2) is 43.3 Å². The second-order valence-electron chi connectivity index (χ2n) is 7.20. The minimum absolute atomic E-state index is 0. The molecule has 0 bridgehead atoms. The van der Waals surface area contributed by atoms with E-state index in [1.165, 1.54) is 6.42 Å². The molecule has 4 nitrogen and oxygen atoms in total. The molecule has 0 heterocycles.